The fraction of sp³-hybridized carbons (Fsp3) is 0.800. The highest BCUT2D eigenvalue weighted by Gasteiger charge is 2.42. The molecule has 0 aromatic heterocycles. The number of rotatable bonds is 8. The molecule has 0 aromatic carbocycles. The molecule has 1 saturated heterocycles. The summed E-state index contributed by atoms with van der Waals surface area (Å²) < 4.78 is 9.88. The third-order valence-corrected chi connectivity index (χ3v) is 4.18. The van der Waals surface area contributed by atoms with Crippen LogP contribution in [0.3, 0.4) is 0 Å². The minimum Gasteiger partial charge on any atom is -0.467 e. The second-order valence-electron chi connectivity index (χ2n) is 5.59. The Morgan fingerprint density at radius 1 is 1.35 bits per heavy atom. The van der Waals surface area contributed by atoms with Gasteiger partial charge in [0.15, 0.2) is 0 Å². The summed E-state index contributed by atoms with van der Waals surface area (Å²) in [6.45, 7) is 2.42. The highest BCUT2D eigenvalue weighted by molar-refractivity contribution is 5.91. The van der Waals surface area contributed by atoms with Crippen LogP contribution in [0.1, 0.15) is 39.0 Å². The number of likely N-dealkylation sites (tertiary alicyclic amines) is 1. The van der Waals surface area contributed by atoms with E-state index >= 15 is 0 Å². The van der Waals surface area contributed by atoms with Crippen LogP contribution in [-0.2, 0) is 23.9 Å². The van der Waals surface area contributed by atoms with Gasteiger partial charge in [-0.1, -0.05) is 19.8 Å². The largest absolute Gasteiger partial charge is 0.467 e. The molecule has 23 heavy (non-hydrogen) atoms. The smallest absolute Gasteiger partial charge is 0.328 e. The van der Waals surface area contributed by atoms with Gasteiger partial charge in [-0.15, -0.1) is 0 Å². The second-order valence-corrected chi connectivity index (χ2v) is 5.59. The van der Waals surface area contributed by atoms with Gasteiger partial charge in [0.2, 0.25) is 5.91 Å². The summed E-state index contributed by atoms with van der Waals surface area (Å²) in [4.78, 5) is 38.0. The van der Waals surface area contributed by atoms with Gasteiger partial charge >= 0.3 is 5.97 Å². The maximum atomic E-state index is 12.9. The number of nitrogens with zero attached hydrogens (tertiary/aromatic N) is 1. The number of ether oxygens (including phenoxy) is 2. The Balaban J connectivity index is 2.98. The SMILES string of the molecule is CCCC[C@@H](C(=O)N1CCC[C@H]1C(=O)OC)[C@H](OC)C(=O)NO. The number of carbonyl (C=O) groups excluding carboxylic acids is 3. The molecule has 1 aliphatic rings. The van der Waals surface area contributed by atoms with E-state index in [1.54, 1.807) is 0 Å². The molecule has 2 amide bonds. The lowest BCUT2D eigenvalue weighted by Crippen LogP contribution is -2.50. The summed E-state index contributed by atoms with van der Waals surface area (Å²) in [6.07, 6.45) is 2.16. The molecule has 1 heterocycles. The predicted molar refractivity (Wildman–Crippen MR) is 80.5 cm³/mol. The molecule has 1 rings (SSSR count). The standard InChI is InChI=1S/C15H26N2O6/c1-4-5-7-10(12(22-2)13(18)16-21)14(19)17-9-6-8-11(17)15(20)23-3/h10-12,21H,4-9H2,1-3H3,(H,16,18)/t10-,11+,12+/m1/s1. The third kappa shape index (κ3) is 4.65. The monoisotopic (exact) mass is 330 g/mol. The lowest BCUT2D eigenvalue weighted by molar-refractivity contribution is -0.158. The molecule has 0 aliphatic carbocycles. The van der Waals surface area contributed by atoms with Gasteiger partial charge in [-0.2, -0.15) is 0 Å². The molecule has 8 nitrogen and oxygen atoms in total. The number of nitrogens with one attached hydrogen (secondary N) is 1. The van der Waals surface area contributed by atoms with E-state index in [-0.39, 0.29) is 5.91 Å². The Bertz CT molecular complexity index is 428. The number of unbranched alkanes of at least 4 members (excludes halogenated alkanes) is 1. The van der Waals surface area contributed by atoms with E-state index in [2.05, 4.69) is 0 Å². The van der Waals surface area contributed by atoms with Gasteiger partial charge in [0, 0.05) is 13.7 Å². The number of hydroxylamine groups is 1. The van der Waals surface area contributed by atoms with Crippen molar-refractivity contribution in [1.29, 1.82) is 0 Å². The van der Waals surface area contributed by atoms with Crippen LogP contribution in [0.4, 0.5) is 0 Å². The Kier molecular flexibility index (Phi) is 7.97. The van der Waals surface area contributed by atoms with Crippen LogP contribution in [0.2, 0.25) is 0 Å². The van der Waals surface area contributed by atoms with E-state index in [4.69, 9.17) is 14.7 Å². The van der Waals surface area contributed by atoms with Gasteiger partial charge in [0.1, 0.15) is 12.1 Å². The number of hydrogen-bond donors (Lipinski definition) is 2. The molecule has 1 fully saturated rings. The summed E-state index contributed by atoms with van der Waals surface area (Å²) >= 11 is 0. The quantitative estimate of drug-likeness (QED) is 0.381. The van der Waals surface area contributed by atoms with Crippen molar-refractivity contribution in [2.75, 3.05) is 20.8 Å². The van der Waals surface area contributed by atoms with Crippen molar-refractivity contribution >= 4 is 17.8 Å². The fourth-order valence-corrected chi connectivity index (χ4v) is 2.97. The van der Waals surface area contributed by atoms with E-state index < -0.39 is 29.9 Å². The Hall–Kier alpha value is -1.67. The molecular formula is C15H26N2O6. The first kappa shape index (κ1) is 19.4. The molecule has 132 valence electrons. The van der Waals surface area contributed by atoms with E-state index in [9.17, 15) is 14.4 Å². The normalized spacial score (nSPS) is 20.0. The number of carbonyl (C=O) groups is 3. The van der Waals surface area contributed by atoms with Crippen molar-refractivity contribution in [1.82, 2.24) is 10.4 Å². The molecule has 3 atom stereocenters. The van der Waals surface area contributed by atoms with Gasteiger partial charge < -0.3 is 14.4 Å². The zero-order chi connectivity index (χ0) is 17.4. The zero-order valence-corrected chi connectivity index (χ0v) is 13.9. The average molecular weight is 330 g/mol. The molecule has 1 aliphatic heterocycles. The van der Waals surface area contributed by atoms with Gasteiger partial charge in [-0.25, -0.2) is 10.3 Å². The molecule has 0 bridgehead atoms. The fourth-order valence-electron chi connectivity index (χ4n) is 2.97. The first-order valence-corrected chi connectivity index (χ1v) is 7.86. The number of methoxy groups -OCH3 is 2. The molecule has 0 spiro atoms. The topological polar surface area (TPSA) is 105 Å². The van der Waals surface area contributed by atoms with Crippen LogP contribution < -0.4 is 5.48 Å². The van der Waals surface area contributed by atoms with Crippen molar-refractivity contribution in [3.05, 3.63) is 0 Å². The Labute approximate surface area is 136 Å². The first-order chi connectivity index (χ1) is 11.0. The van der Waals surface area contributed by atoms with Gasteiger partial charge in [-0.3, -0.25) is 14.8 Å². The molecule has 0 aromatic rings. The summed E-state index contributed by atoms with van der Waals surface area (Å²) in [5, 5.41) is 8.86. The van der Waals surface area contributed by atoms with Crippen LogP contribution in [0.5, 0.6) is 0 Å². The highest BCUT2D eigenvalue weighted by Crippen LogP contribution is 2.25. The minimum absolute atomic E-state index is 0.318. The third-order valence-electron chi connectivity index (χ3n) is 4.18. The van der Waals surface area contributed by atoms with Crippen molar-refractivity contribution < 1.29 is 29.1 Å². The van der Waals surface area contributed by atoms with Crippen molar-refractivity contribution in [2.45, 2.75) is 51.2 Å². The van der Waals surface area contributed by atoms with Crippen molar-refractivity contribution in [3.63, 3.8) is 0 Å². The molecule has 0 radical (unpaired) electrons. The summed E-state index contributed by atoms with van der Waals surface area (Å²) in [5.41, 5.74) is 1.54. The summed E-state index contributed by atoms with van der Waals surface area (Å²) in [7, 11) is 2.60. The van der Waals surface area contributed by atoms with Gasteiger partial charge in [-0.05, 0) is 19.3 Å². The first-order valence-electron chi connectivity index (χ1n) is 7.86. The lowest BCUT2D eigenvalue weighted by Gasteiger charge is -2.30. The summed E-state index contributed by atoms with van der Waals surface area (Å²) in [5.74, 6) is -2.29. The van der Waals surface area contributed by atoms with E-state index in [0.29, 0.717) is 25.8 Å². The van der Waals surface area contributed by atoms with E-state index in [1.165, 1.54) is 24.6 Å². The average Bonchev–Trinajstić information content (AvgIpc) is 3.06. The van der Waals surface area contributed by atoms with E-state index in [1.807, 2.05) is 6.92 Å². The second kappa shape index (κ2) is 9.46. The van der Waals surface area contributed by atoms with Crippen LogP contribution in [0, 0.1) is 5.92 Å². The molecule has 2 N–H and O–H groups in total. The van der Waals surface area contributed by atoms with Crippen LogP contribution in [-0.4, -0.2) is 60.8 Å². The molecular weight excluding hydrogens is 304 g/mol. The molecule has 0 saturated carbocycles. The number of amides is 2. The van der Waals surface area contributed by atoms with Crippen LogP contribution in [0.25, 0.3) is 0 Å². The predicted octanol–water partition coefficient (Wildman–Crippen LogP) is 0.477. The molecule has 8 heteroatoms. The zero-order valence-electron chi connectivity index (χ0n) is 13.9. The van der Waals surface area contributed by atoms with Gasteiger partial charge in [0.25, 0.3) is 5.91 Å². The summed E-state index contributed by atoms with van der Waals surface area (Å²) in [6, 6.07) is -0.619. The van der Waals surface area contributed by atoms with E-state index in [0.717, 1.165) is 12.8 Å². The number of esters is 1. The maximum absolute atomic E-state index is 12.9. The lowest BCUT2D eigenvalue weighted by atomic mass is 9.93. The highest BCUT2D eigenvalue weighted by atomic mass is 16.5. The van der Waals surface area contributed by atoms with Crippen LogP contribution in [0.15, 0.2) is 0 Å². The minimum atomic E-state index is -1.10. The maximum Gasteiger partial charge on any atom is 0.328 e. The van der Waals surface area contributed by atoms with Crippen LogP contribution >= 0.6 is 0 Å². The Morgan fingerprint density at radius 2 is 2.04 bits per heavy atom. The van der Waals surface area contributed by atoms with Crippen molar-refractivity contribution in [2.24, 2.45) is 5.92 Å². The Morgan fingerprint density at radius 3 is 2.57 bits per heavy atom. The number of hydrogen-bond acceptors (Lipinski definition) is 6. The van der Waals surface area contributed by atoms with Gasteiger partial charge in [0.05, 0.1) is 13.0 Å². The van der Waals surface area contributed by atoms with Crippen molar-refractivity contribution in [3.8, 4) is 0 Å². The molecule has 0 unspecified atom stereocenters.